The Bertz CT molecular complexity index is 847. The van der Waals surface area contributed by atoms with Gasteiger partial charge in [0.15, 0.2) is 0 Å². The van der Waals surface area contributed by atoms with Gasteiger partial charge in [-0.25, -0.2) is 8.42 Å². The van der Waals surface area contributed by atoms with Crippen molar-refractivity contribution in [1.29, 1.82) is 0 Å². The second-order valence-electron chi connectivity index (χ2n) is 5.76. The molecule has 0 unspecified atom stereocenters. The second-order valence-corrected chi connectivity index (χ2v) is 8.25. The van der Waals surface area contributed by atoms with Gasteiger partial charge in [0.1, 0.15) is 0 Å². The number of benzene rings is 2. The van der Waals surface area contributed by atoms with E-state index in [4.69, 9.17) is 23.2 Å². The van der Waals surface area contributed by atoms with Crippen molar-refractivity contribution >= 4 is 45.0 Å². The van der Waals surface area contributed by atoms with Gasteiger partial charge < -0.3 is 5.32 Å². The molecule has 0 bridgehead atoms. The predicted octanol–water partition coefficient (Wildman–Crippen LogP) is 4.76. The lowest BCUT2D eigenvalue weighted by Gasteiger charge is -2.28. The summed E-state index contributed by atoms with van der Waals surface area (Å²) in [5, 5.41) is 3.91. The molecular formula is C17H18Cl2N2O2S. The Morgan fingerprint density at radius 2 is 1.67 bits per heavy atom. The first-order chi connectivity index (χ1) is 11.1. The van der Waals surface area contributed by atoms with Gasteiger partial charge in [-0.3, -0.25) is 0 Å². The molecule has 0 fully saturated rings. The molecule has 0 aliphatic carbocycles. The fourth-order valence-electron chi connectivity index (χ4n) is 2.14. The van der Waals surface area contributed by atoms with Crippen LogP contribution in [0.3, 0.4) is 0 Å². The van der Waals surface area contributed by atoms with Crippen molar-refractivity contribution in [1.82, 2.24) is 4.72 Å². The third-order valence-electron chi connectivity index (χ3n) is 3.19. The Balaban J connectivity index is 2.19. The van der Waals surface area contributed by atoms with Gasteiger partial charge in [0.2, 0.25) is 10.0 Å². The van der Waals surface area contributed by atoms with E-state index in [2.05, 4.69) is 16.6 Å². The molecule has 0 aliphatic heterocycles. The highest BCUT2D eigenvalue weighted by Gasteiger charge is 2.26. The predicted molar refractivity (Wildman–Crippen MR) is 101 cm³/mol. The molecule has 0 heterocycles. The summed E-state index contributed by atoms with van der Waals surface area (Å²) in [6.07, 6.45) is 1.65. The van der Waals surface area contributed by atoms with Crippen molar-refractivity contribution in [2.24, 2.45) is 0 Å². The molecule has 24 heavy (non-hydrogen) atoms. The number of sulfonamides is 1. The van der Waals surface area contributed by atoms with Crippen LogP contribution in [0.4, 0.5) is 5.69 Å². The van der Waals surface area contributed by atoms with E-state index in [-0.39, 0.29) is 4.90 Å². The van der Waals surface area contributed by atoms with Crippen molar-refractivity contribution in [2.45, 2.75) is 24.4 Å². The zero-order valence-corrected chi connectivity index (χ0v) is 15.6. The van der Waals surface area contributed by atoms with E-state index < -0.39 is 15.7 Å². The summed E-state index contributed by atoms with van der Waals surface area (Å²) in [6.45, 7) is 7.07. The quantitative estimate of drug-likeness (QED) is 0.705. The molecule has 2 rings (SSSR count). The summed E-state index contributed by atoms with van der Waals surface area (Å²) in [6, 6.07) is 11.5. The maximum absolute atomic E-state index is 12.5. The van der Waals surface area contributed by atoms with E-state index in [1.807, 2.05) is 0 Å². The molecule has 0 radical (unpaired) electrons. The summed E-state index contributed by atoms with van der Waals surface area (Å²) in [5.74, 6) is 0. The Labute approximate surface area is 152 Å². The molecule has 0 amide bonds. The highest BCUT2D eigenvalue weighted by molar-refractivity contribution is 7.89. The summed E-state index contributed by atoms with van der Waals surface area (Å²) in [5.41, 5.74) is 0.564. The van der Waals surface area contributed by atoms with Crippen LogP contribution in [-0.2, 0) is 10.0 Å². The lowest BCUT2D eigenvalue weighted by Crippen LogP contribution is -2.49. The summed E-state index contributed by atoms with van der Waals surface area (Å²) >= 11 is 11.9. The van der Waals surface area contributed by atoms with Gasteiger partial charge in [0.05, 0.1) is 20.6 Å². The monoisotopic (exact) mass is 384 g/mol. The van der Waals surface area contributed by atoms with E-state index in [1.54, 1.807) is 50.3 Å². The highest BCUT2D eigenvalue weighted by Crippen LogP contribution is 2.26. The van der Waals surface area contributed by atoms with Gasteiger partial charge >= 0.3 is 0 Å². The Kier molecular flexibility index (Phi) is 5.60. The number of halogens is 2. The maximum atomic E-state index is 12.5. The molecule has 0 aliphatic rings. The van der Waals surface area contributed by atoms with Crippen LogP contribution in [0.25, 0.3) is 6.08 Å². The van der Waals surface area contributed by atoms with Crippen LogP contribution < -0.4 is 10.0 Å². The smallest absolute Gasteiger partial charge is 0.242 e. The molecule has 7 heteroatoms. The van der Waals surface area contributed by atoms with Crippen molar-refractivity contribution in [3.8, 4) is 0 Å². The standard InChI is InChI=1S/C17H18Cl2N2O2S/c1-4-12-5-8-14(9-6-12)24(22,23)21-17(2,3)20-13-7-10-15(18)16(19)11-13/h4-11,20-21H,1H2,2-3H3. The molecule has 2 N–H and O–H groups in total. The zero-order valence-electron chi connectivity index (χ0n) is 13.3. The minimum Gasteiger partial charge on any atom is -0.367 e. The minimum atomic E-state index is -3.69. The van der Waals surface area contributed by atoms with Gasteiger partial charge in [-0.2, -0.15) is 4.72 Å². The number of hydrogen-bond donors (Lipinski definition) is 2. The summed E-state index contributed by atoms with van der Waals surface area (Å²) in [4.78, 5) is 0.178. The molecule has 2 aromatic carbocycles. The van der Waals surface area contributed by atoms with Crippen molar-refractivity contribution in [3.63, 3.8) is 0 Å². The molecule has 2 aromatic rings. The molecule has 4 nitrogen and oxygen atoms in total. The molecule has 0 spiro atoms. The van der Waals surface area contributed by atoms with Gasteiger partial charge in [0, 0.05) is 5.69 Å². The molecule has 0 aromatic heterocycles. The summed E-state index contributed by atoms with van der Waals surface area (Å²) in [7, 11) is -3.69. The van der Waals surface area contributed by atoms with Crippen molar-refractivity contribution in [3.05, 3.63) is 64.7 Å². The third-order valence-corrected chi connectivity index (χ3v) is 5.60. The first-order valence-corrected chi connectivity index (χ1v) is 9.36. The van der Waals surface area contributed by atoms with Gasteiger partial charge in [0.25, 0.3) is 0 Å². The Morgan fingerprint density at radius 3 is 2.21 bits per heavy atom. The highest BCUT2D eigenvalue weighted by atomic mass is 35.5. The Hall–Kier alpha value is -1.53. The first-order valence-electron chi connectivity index (χ1n) is 7.13. The zero-order chi connectivity index (χ0) is 18.0. The van der Waals surface area contributed by atoms with E-state index in [9.17, 15) is 8.42 Å². The van der Waals surface area contributed by atoms with E-state index in [1.165, 1.54) is 12.1 Å². The lowest BCUT2D eigenvalue weighted by molar-refractivity contribution is 0.503. The SMILES string of the molecule is C=Cc1ccc(S(=O)(=O)NC(C)(C)Nc2ccc(Cl)c(Cl)c2)cc1. The molecule has 0 saturated heterocycles. The van der Waals surface area contributed by atoms with Crippen LogP contribution in [0.5, 0.6) is 0 Å². The fraction of sp³-hybridized carbons (Fsp3) is 0.176. The third kappa shape index (κ3) is 4.74. The van der Waals surface area contributed by atoms with Gasteiger partial charge in [-0.1, -0.05) is 48.0 Å². The second kappa shape index (κ2) is 7.15. The van der Waals surface area contributed by atoms with Crippen LogP contribution in [0.15, 0.2) is 53.9 Å². The van der Waals surface area contributed by atoms with E-state index in [0.29, 0.717) is 15.7 Å². The molecule has 0 atom stereocenters. The average Bonchev–Trinajstić information content (AvgIpc) is 2.49. The van der Waals surface area contributed by atoms with E-state index in [0.717, 1.165) is 5.56 Å². The normalized spacial score (nSPS) is 12.0. The fourth-order valence-corrected chi connectivity index (χ4v) is 3.77. The number of anilines is 1. The van der Waals surface area contributed by atoms with Crippen LogP contribution in [0.1, 0.15) is 19.4 Å². The average molecular weight is 385 g/mol. The van der Waals surface area contributed by atoms with Crippen LogP contribution in [-0.4, -0.2) is 14.1 Å². The molecular weight excluding hydrogens is 367 g/mol. The molecule has 128 valence electrons. The topological polar surface area (TPSA) is 58.2 Å². The van der Waals surface area contributed by atoms with Crippen LogP contribution >= 0.6 is 23.2 Å². The van der Waals surface area contributed by atoms with E-state index >= 15 is 0 Å². The lowest BCUT2D eigenvalue weighted by atomic mass is 10.2. The van der Waals surface area contributed by atoms with Crippen LogP contribution in [0, 0.1) is 0 Å². The summed E-state index contributed by atoms with van der Waals surface area (Å²) < 4.78 is 27.7. The molecule has 0 saturated carbocycles. The minimum absolute atomic E-state index is 0.178. The Morgan fingerprint density at radius 1 is 1.04 bits per heavy atom. The van der Waals surface area contributed by atoms with Crippen molar-refractivity contribution in [2.75, 3.05) is 5.32 Å². The number of rotatable bonds is 6. The van der Waals surface area contributed by atoms with Gasteiger partial charge in [-0.05, 0) is 49.7 Å². The first kappa shape index (κ1) is 18.8. The number of hydrogen-bond acceptors (Lipinski definition) is 3. The number of nitrogens with one attached hydrogen (secondary N) is 2. The van der Waals surface area contributed by atoms with Crippen molar-refractivity contribution < 1.29 is 8.42 Å². The van der Waals surface area contributed by atoms with Gasteiger partial charge in [-0.15, -0.1) is 0 Å². The maximum Gasteiger partial charge on any atom is 0.242 e. The van der Waals surface area contributed by atoms with Crippen LogP contribution in [0.2, 0.25) is 10.0 Å². The largest absolute Gasteiger partial charge is 0.367 e.